The first kappa shape index (κ1) is 14.6. The summed E-state index contributed by atoms with van der Waals surface area (Å²) >= 11 is 2.52. The zero-order valence-corrected chi connectivity index (χ0v) is 13.1. The van der Waals surface area contributed by atoms with Crippen LogP contribution < -0.4 is 5.56 Å². The van der Waals surface area contributed by atoms with Gasteiger partial charge in [-0.1, -0.05) is 31.0 Å². The maximum Gasteiger partial charge on any atom is 0.313 e. The van der Waals surface area contributed by atoms with Gasteiger partial charge in [-0.15, -0.1) is 11.3 Å². The first-order valence-electron chi connectivity index (χ1n) is 6.98. The Morgan fingerprint density at radius 3 is 3.00 bits per heavy atom. The van der Waals surface area contributed by atoms with Gasteiger partial charge in [0.05, 0.1) is 11.3 Å². The van der Waals surface area contributed by atoms with Crippen molar-refractivity contribution < 1.29 is 9.90 Å². The Bertz CT molecular complexity index is 719. The van der Waals surface area contributed by atoms with Crippen molar-refractivity contribution in [3.8, 4) is 0 Å². The first-order valence-corrected chi connectivity index (χ1v) is 8.84. The highest BCUT2D eigenvalue weighted by molar-refractivity contribution is 7.99. The summed E-state index contributed by atoms with van der Waals surface area (Å²) in [5.74, 6) is -0.274. The fourth-order valence-corrected chi connectivity index (χ4v) is 3.97. The van der Waals surface area contributed by atoms with Crippen LogP contribution in [0.3, 0.4) is 0 Å². The number of carbonyl (C=O) groups is 1. The summed E-state index contributed by atoms with van der Waals surface area (Å²) in [5.41, 5.74) is 0.625. The number of nitrogens with zero attached hydrogens (tertiary/aromatic N) is 2. The van der Waals surface area contributed by atoms with Crippen molar-refractivity contribution in [2.45, 2.75) is 37.4 Å². The van der Waals surface area contributed by atoms with Gasteiger partial charge < -0.3 is 5.11 Å². The van der Waals surface area contributed by atoms with Crippen molar-refractivity contribution in [3.05, 3.63) is 21.8 Å². The molecule has 0 aliphatic heterocycles. The number of carboxylic acids is 1. The van der Waals surface area contributed by atoms with Crippen LogP contribution >= 0.6 is 23.1 Å². The lowest BCUT2D eigenvalue weighted by Crippen LogP contribution is -2.25. The molecular weight excluding hydrogens is 308 g/mol. The van der Waals surface area contributed by atoms with Gasteiger partial charge in [0.1, 0.15) is 4.70 Å². The molecule has 0 unspecified atom stereocenters. The monoisotopic (exact) mass is 324 g/mol. The van der Waals surface area contributed by atoms with E-state index in [1.54, 1.807) is 4.57 Å². The molecule has 0 radical (unpaired) electrons. The van der Waals surface area contributed by atoms with E-state index in [1.807, 2.05) is 11.4 Å². The summed E-state index contributed by atoms with van der Waals surface area (Å²) in [4.78, 5) is 27.8. The van der Waals surface area contributed by atoms with E-state index in [1.165, 1.54) is 30.6 Å². The van der Waals surface area contributed by atoms with Gasteiger partial charge in [0.15, 0.2) is 5.16 Å². The van der Waals surface area contributed by atoms with Crippen LogP contribution in [0.15, 0.2) is 21.4 Å². The smallest absolute Gasteiger partial charge is 0.313 e. The Balaban J connectivity index is 1.91. The van der Waals surface area contributed by atoms with E-state index in [0.29, 0.717) is 27.8 Å². The zero-order chi connectivity index (χ0) is 14.8. The molecular formula is C14H16N2O3S2. The summed E-state index contributed by atoms with van der Waals surface area (Å²) in [6, 6.07) is 1.81. The largest absolute Gasteiger partial charge is 0.481 e. The predicted molar refractivity (Wildman–Crippen MR) is 84.2 cm³/mol. The van der Waals surface area contributed by atoms with Crippen LogP contribution in [0, 0.1) is 5.92 Å². The van der Waals surface area contributed by atoms with Crippen molar-refractivity contribution in [3.63, 3.8) is 0 Å². The fourth-order valence-electron chi connectivity index (χ4n) is 2.45. The van der Waals surface area contributed by atoms with Crippen molar-refractivity contribution >= 4 is 39.3 Å². The number of hydrogen-bond acceptors (Lipinski definition) is 5. The second kappa shape index (κ2) is 6.19. The molecule has 0 amide bonds. The van der Waals surface area contributed by atoms with E-state index < -0.39 is 5.97 Å². The number of rotatable bonds is 6. The SMILES string of the molecule is O=C(O)CSc1nc2ccsc2c(=O)n1CCC1CCC1. The molecule has 0 spiro atoms. The molecule has 21 heavy (non-hydrogen) atoms. The maximum absolute atomic E-state index is 12.5. The molecule has 1 aliphatic rings. The van der Waals surface area contributed by atoms with E-state index in [2.05, 4.69) is 4.98 Å². The van der Waals surface area contributed by atoms with Crippen LogP contribution in [-0.2, 0) is 11.3 Å². The van der Waals surface area contributed by atoms with E-state index in [0.717, 1.165) is 18.2 Å². The van der Waals surface area contributed by atoms with Crippen LogP contribution in [0.25, 0.3) is 10.2 Å². The van der Waals surface area contributed by atoms with E-state index in [-0.39, 0.29) is 11.3 Å². The number of carboxylic acid groups (broad SMARTS) is 1. The average Bonchev–Trinajstić information content (AvgIpc) is 2.85. The normalized spacial score (nSPS) is 15.2. The zero-order valence-electron chi connectivity index (χ0n) is 11.4. The standard InChI is InChI=1S/C14H16N2O3S2/c17-11(18)8-21-14-15-10-5-7-20-12(10)13(19)16(14)6-4-9-2-1-3-9/h5,7,9H,1-4,6,8H2,(H,17,18). The third-order valence-electron chi connectivity index (χ3n) is 3.84. The second-order valence-corrected chi connectivity index (χ2v) is 7.11. The summed E-state index contributed by atoms with van der Waals surface area (Å²) in [5, 5.41) is 11.2. The van der Waals surface area contributed by atoms with Crippen molar-refractivity contribution in [2.75, 3.05) is 5.75 Å². The third-order valence-corrected chi connectivity index (χ3v) is 5.69. The van der Waals surface area contributed by atoms with E-state index >= 15 is 0 Å². The highest BCUT2D eigenvalue weighted by Gasteiger charge is 2.19. The summed E-state index contributed by atoms with van der Waals surface area (Å²) in [6.45, 7) is 0.631. The summed E-state index contributed by atoms with van der Waals surface area (Å²) < 4.78 is 2.31. The lowest BCUT2D eigenvalue weighted by Gasteiger charge is -2.25. The Morgan fingerprint density at radius 2 is 2.33 bits per heavy atom. The third kappa shape index (κ3) is 3.13. The van der Waals surface area contributed by atoms with Crippen LogP contribution in [0.2, 0.25) is 0 Å². The Hall–Kier alpha value is -1.34. The molecule has 0 atom stereocenters. The lowest BCUT2D eigenvalue weighted by atomic mass is 9.83. The van der Waals surface area contributed by atoms with Crippen molar-refractivity contribution in [1.29, 1.82) is 0 Å². The van der Waals surface area contributed by atoms with Gasteiger partial charge in [0.2, 0.25) is 0 Å². The Labute approximate surface area is 130 Å². The number of aliphatic carboxylic acids is 1. The molecule has 3 rings (SSSR count). The molecule has 0 saturated heterocycles. The molecule has 0 bridgehead atoms. The molecule has 2 heterocycles. The van der Waals surface area contributed by atoms with Crippen LogP contribution in [0.5, 0.6) is 0 Å². The minimum atomic E-state index is -0.898. The molecule has 1 saturated carbocycles. The fraction of sp³-hybridized carbons (Fsp3) is 0.500. The molecule has 2 aromatic rings. The van der Waals surface area contributed by atoms with Crippen molar-refractivity contribution in [2.24, 2.45) is 5.92 Å². The van der Waals surface area contributed by atoms with E-state index in [4.69, 9.17) is 5.11 Å². The number of thioether (sulfide) groups is 1. The van der Waals surface area contributed by atoms with Gasteiger partial charge in [0.25, 0.3) is 5.56 Å². The molecule has 0 aromatic carbocycles. The number of hydrogen-bond donors (Lipinski definition) is 1. The number of aromatic nitrogens is 2. The molecule has 1 N–H and O–H groups in total. The van der Waals surface area contributed by atoms with Crippen LogP contribution in [-0.4, -0.2) is 26.4 Å². The number of thiophene rings is 1. The molecule has 1 fully saturated rings. The average molecular weight is 324 g/mol. The molecule has 1 aliphatic carbocycles. The molecule has 5 nitrogen and oxygen atoms in total. The summed E-state index contributed by atoms with van der Waals surface area (Å²) in [7, 11) is 0. The summed E-state index contributed by atoms with van der Waals surface area (Å²) in [6.07, 6.45) is 4.73. The van der Waals surface area contributed by atoms with Gasteiger partial charge in [0, 0.05) is 6.54 Å². The molecule has 2 aromatic heterocycles. The quantitative estimate of drug-likeness (QED) is 0.653. The minimum absolute atomic E-state index is 0.0396. The Kier molecular flexibility index (Phi) is 4.30. The van der Waals surface area contributed by atoms with Gasteiger partial charge in [-0.05, 0) is 23.8 Å². The highest BCUT2D eigenvalue weighted by Crippen LogP contribution is 2.30. The van der Waals surface area contributed by atoms with Gasteiger partial charge >= 0.3 is 5.97 Å². The lowest BCUT2D eigenvalue weighted by molar-refractivity contribution is -0.133. The Morgan fingerprint density at radius 1 is 1.52 bits per heavy atom. The molecule has 7 heteroatoms. The van der Waals surface area contributed by atoms with Gasteiger partial charge in [-0.25, -0.2) is 4.98 Å². The van der Waals surface area contributed by atoms with Crippen molar-refractivity contribution in [1.82, 2.24) is 9.55 Å². The minimum Gasteiger partial charge on any atom is -0.481 e. The molecule has 112 valence electrons. The predicted octanol–water partition coefficient (Wildman–Crippen LogP) is 2.82. The highest BCUT2D eigenvalue weighted by atomic mass is 32.2. The number of fused-ring (bicyclic) bond motifs is 1. The topological polar surface area (TPSA) is 72.2 Å². The maximum atomic E-state index is 12.5. The van der Waals surface area contributed by atoms with Crippen LogP contribution in [0.4, 0.5) is 0 Å². The first-order chi connectivity index (χ1) is 10.1. The second-order valence-electron chi connectivity index (χ2n) is 5.25. The van der Waals surface area contributed by atoms with Gasteiger partial charge in [-0.2, -0.15) is 0 Å². The van der Waals surface area contributed by atoms with Gasteiger partial charge in [-0.3, -0.25) is 14.2 Å². The van der Waals surface area contributed by atoms with Crippen LogP contribution in [0.1, 0.15) is 25.7 Å². The van der Waals surface area contributed by atoms with E-state index in [9.17, 15) is 9.59 Å².